The summed E-state index contributed by atoms with van der Waals surface area (Å²) in [6.07, 6.45) is 12.4. The first-order valence-electron chi connectivity index (χ1n) is 14.2. The monoisotopic (exact) mass is 527 g/mol. The van der Waals surface area contributed by atoms with Crippen LogP contribution in [0.15, 0.2) is 36.8 Å². The number of H-pyrrole nitrogens is 1. The second-order valence-corrected chi connectivity index (χ2v) is 10.9. The molecule has 2 saturated heterocycles. The molecular formula is C29H37N9O. The number of likely N-dealkylation sites (tertiary alicyclic amines) is 2. The van der Waals surface area contributed by atoms with Gasteiger partial charge in [-0.1, -0.05) is 6.42 Å². The van der Waals surface area contributed by atoms with Crippen LogP contribution in [0.25, 0.3) is 33.3 Å². The third kappa shape index (κ3) is 6.02. The molecule has 0 unspecified atom stereocenters. The molecular weight excluding hydrogens is 490 g/mol. The Morgan fingerprint density at radius 2 is 1.90 bits per heavy atom. The maximum absolute atomic E-state index is 12.9. The molecule has 2 aliphatic heterocycles. The molecule has 204 valence electrons. The van der Waals surface area contributed by atoms with Crippen LogP contribution in [-0.4, -0.2) is 93.0 Å². The van der Waals surface area contributed by atoms with Crippen molar-refractivity contribution < 1.29 is 4.79 Å². The highest BCUT2D eigenvalue weighted by atomic mass is 16.2. The molecule has 10 heteroatoms. The Morgan fingerprint density at radius 3 is 2.74 bits per heavy atom. The van der Waals surface area contributed by atoms with E-state index < -0.39 is 0 Å². The van der Waals surface area contributed by atoms with Gasteiger partial charge in [0.2, 0.25) is 0 Å². The molecule has 6 heterocycles. The van der Waals surface area contributed by atoms with E-state index in [1.54, 1.807) is 12.4 Å². The summed E-state index contributed by atoms with van der Waals surface area (Å²) in [5.41, 5.74) is 4.79. The van der Waals surface area contributed by atoms with E-state index in [4.69, 9.17) is 4.98 Å². The van der Waals surface area contributed by atoms with Crippen molar-refractivity contribution in [1.82, 2.24) is 40.0 Å². The predicted octanol–water partition coefficient (Wildman–Crippen LogP) is 3.68. The fourth-order valence-electron chi connectivity index (χ4n) is 5.62. The lowest BCUT2D eigenvalue weighted by Crippen LogP contribution is -2.43. The molecule has 39 heavy (non-hydrogen) atoms. The molecule has 0 saturated carbocycles. The number of pyridine rings is 3. The molecule has 4 aromatic heterocycles. The number of nitrogens with one attached hydrogen (secondary N) is 3. The largest absolute Gasteiger partial charge is 0.384 e. The van der Waals surface area contributed by atoms with E-state index >= 15 is 0 Å². The van der Waals surface area contributed by atoms with Crippen LogP contribution >= 0.6 is 0 Å². The minimum absolute atomic E-state index is 0.174. The Bertz CT molecular complexity index is 1440. The molecule has 0 aliphatic carbocycles. The lowest BCUT2D eigenvalue weighted by atomic mass is 10.1. The number of piperidine rings is 2. The van der Waals surface area contributed by atoms with Crippen LogP contribution in [-0.2, 0) is 0 Å². The number of imidazole rings is 1. The van der Waals surface area contributed by atoms with Gasteiger partial charge in [0.25, 0.3) is 5.91 Å². The summed E-state index contributed by atoms with van der Waals surface area (Å²) in [6, 6.07) is 6.12. The van der Waals surface area contributed by atoms with Crippen LogP contribution < -0.4 is 10.6 Å². The molecule has 2 fully saturated rings. The number of hydrogen-bond acceptors (Lipinski definition) is 8. The first-order valence-corrected chi connectivity index (χ1v) is 14.2. The van der Waals surface area contributed by atoms with Crippen molar-refractivity contribution in [2.45, 2.75) is 44.6 Å². The van der Waals surface area contributed by atoms with Crippen molar-refractivity contribution in [3.63, 3.8) is 0 Å². The number of aromatic nitrogens is 5. The molecule has 6 rings (SSSR count). The van der Waals surface area contributed by atoms with Gasteiger partial charge >= 0.3 is 0 Å². The Kier molecular flexibility index (Phi) is 7.64. The third-order valence-electron chi connectivity index (χ3n) is 7.93. The van der Waals surface area contributed by atoms with E-state index in [1.807, 2.05) is 18.3 Å². The van der Waals surface area contributed by atoms with Crippen molar-refractivity contribution in [1.29, 1.82) is 0 Å². The van der Waals surface area contributed by atoms with E-state index in [1.165, 1.54) is 32.4 Å². The molecule has 10 nitrogen and oxygen atoms in total. The Labute approximate surface area is 228 Å². The SMILES string of the molecule is CN1CCC(NC(=O)c2nc3cc(-c4cc(NCCCN5CCCCC5)c5cnccc5n4)cnc3[nH]2)CC1. The van der Waals surface area contributed by atoms with Gasteiger partial charge in [0, 0.05) is 47.8 Å². The van der Waals surface area contributed by atoms with Gasteiger partial charge in [0.05, 0.1) is 11.2 Å². The molecule has 0 aromatic carbocycles. The number of fused-ring (bicyclic) bond motifs is 2. The summed E-state index contributed by atoms with van der Waals surface area (Å²) in [5.74, 6) is 0.110. The van der Waals surface area contributed by atoms with E-state index in [2.05, 4.69) is 53.5 Å². The lowest BCUT2D eigenvalue weighted by Gasteiger charge is -2.29. The number of amides is 1. The smallest absolute Gasteiger partial charge is 0.287 e. The van der Waals surface area contributed by atoms with Crippen LogP contribution in [0.1, 0.15) is 49.1 Å². The van der Waals surface area contributed by atoms with Crippen molar-refractivity contribution in [2.24, 2.45) is 0 Å². The highest BCUT2D eigenvalue weighted by molar-refractivity contribution is 5.95. The topological polar surface area (TPSA) is 115 Å². The van der Waals surface area contributed by atoms with Gasteiger partial charge < -0.3 is 25.4 Å². The van der Waals surface area contributed by atoms with Crippen LogP contribution in [0.3, 0.4) is 0 Å². The molecule has 1 amide bonds. The van der Waals surface area contributed by atoms with Gasteiger partial charge in [-0.15, -0.1) is 0 Å². The number of aromatic amines is 1. The zero-order valence-corrected chi connectivity index (χ0v) is 22.6. The molecule has 0 radical (unpaired) electrons. The Balaban J connectivity index is 1.19. The maximum atomic E-state index is 12.9. The van der Waals surface area contributed by atoms with Crippen LogP contribution in [0.5, 0.6) is 0 Å². The molecule has 2 aliphatic rings. The fraction of sp³-hybridized carbons (Fsp3) is 0.483. The number of anilines is 1. The summed E-state index contributed by atoms with van der Waals surface area (Å²) < 4.78 is 0. The maximum Gasteiger partial charge on any atom is 0.287 e. The minimum Gasteiger partial charge on any atom is -0.384 e. The fourth-order valence-corrected chi connectivity index (χ4v) is 5.62. The number of carbonyl (C=O) groups is 1. The second-order valence-electron chi connectivity index (χ2n) is 10.9. The van der Waals surface area contributed by atoms with E-state index in [0.717, 1.165) is 73.3 Å². The van der Waals surface area contributed by atoms with Crippen LogP contribution in [0.4, 0.5) is 5.69 Å². The highest BCUT2D eigenvalue weighted by Crippen LogP contribution is 2.29. The van der Waals surface area contributed by atoms with Crippen LogP contribution in [0, 0.1) is 0 Å². The quantitative estimate of drug-likeness (QED) is 0.297. The first-order chi connectivity index (χ1) is 19.1. The third-order valence-corrected chi connectivity index (χ3v) is 7.93. The standard InChI is InChI=1S/C29H37N9O/c1-37-14-7-21(8-15-37)33-29(39)28-35-26-16-20(18-32-27(26)36-28)24-17-25(22-19-30-10-6-23(22)34-24)31-9-5-13-38-11-3-2-4-12-38/h6,10,16-19,21H,2-5,7-9,11-15H2,1H3,(H,31,34)(H,33,39)(H,32,35,36). The normalized spacial score (nSPS) is 17.6. The van der Waals surface area contributed by atoms with Gasteiger partial charge in [0.1, 0.15) is 5.52 Å². The van der Waals surface area contributed by atoms with Crippen molar-refractivity contribution >= 4 is 33.7 Å². The van der Waals surface area contributed by atoms with Gasteiger partial charge in [-0.3, -0.25) is 9.78 Å². The number of nitrogens with zero attached hydrogens (tertiary/aromatic N) is 6. The average molecular weight is 528 g/mol. The van der Waals surface area contributed by atoms with Gasteiger partial charge in [0.15, 0.2) is 11.5 Å². The first kappa shape index (κ1) is 25.6. The highest BCUT2D eigenvalue weighted by Gasteiger charge is 2.21. The zero-order valence-electron chi connectivity index (χ0n) is 22.6. The van der Waals surface area contributed by atoms with Crippen LogP contribution in [0.2, 0.25) is 0 Å². The molecule has 0 atom stereocenters. The van der Waals surface area contributed by atoms with E-state index in [0.29, 0.717) is 17.0 Å². The predicted molar refractivity (Wildman–Crippen MR) is 154 cm³/mol. The molecule has 0 bridgehead atoms. The summed E-state index contributed by atoms with van der Waals surface area (Å²) >= 11 is 0. The number of rotatable bonds is 8. The Hall–Kier alpha value is -3.63. The van der Waals surface area contributed by atoms with Crippen molar-refractivity contribution in [3.05, 3.63) is 42.6 Å². The average Bonchev–Trinajstić information content (AvgIpc) is 3.41. The second kappa shape index (κ2) is 11.6. The van der Waals surface area contributed by atoms with Gasteiger partial charge in [-0.2, -0.15) is 0 Å². The molecule has 0 spiro atoms. The van der Waals surface area contributed by atoms with Gasteiger partial charge in [-0.25, -0.2) is 15.0 Å². The summed E-state index contributed by atoms with van der Waals surface area (Å²) in [5, 5.41) is 7.75. The summed E-state index contributed by atoms with van der Waals surface area (Å²) in [6.45, 7) is 6.41. The van der Waals surface area contributed by atoms with Crippen molar-refractivity contribution in [2.75, 3.05) is 51.6 Å². The van der Waals surface area contributed by atoms with E-state index in [-0.39, 0.29) is 11.9 Å². The lowest BCUT2D eigenvalue weighted by molar-refractivity contribution is 0.0907. The van der Waals surface area contributed by atoms with E-state index in [9.17, 15) is 4.79 Å². The minimum atomic E-state index is -0.184. The van der Waals surface area contributed by atoms with Crippen molar-refractivity contribution in [3.8, 4) is 11.3 Å². The zero-order chi connectivity index (χ0) is 26.6. The number of carbonyl (C=O) groups excluding carboxylic acids is 1. The Morgan fingerprint density at radius 1 is 1.05 bits per heavy atom. The number of hydrogen-bond donors (Lipinski definition) is 3. The summed E-state index contributed by atoms with van der Waals surface area (Å²) in [7, 11) is 2.11. The summed E-state index contributed by atoms with van der Waals surface area (Å²) in [4.78, 5) is 39.2. The molecule has 4 aromatic rings. The molecule has 3 N–H and O–H groups in total. The van der Waals surface area contributed by atoms with Gasteiger partial charge in [-0.05, 0) is 90.1 Å².